The molecule has 4 aromatic rings. The summed E-state index contributed by atoms with van der Waals surface area (Å²) in [6, 6.07) is 12.1. The first-order valence-corrected chi connectivity index (χ1v) is 8.27. The highest BCUT2D eigenvalue weighted by Gasteiger charge is 2.18. The first-order chi connectivity index (χ1) is 12.5. The predicted molar refractivity (Wildman–Crippen MR) is 98.6 cm³/mol. The monoisotopic (exact) mass is 348 g/mol. The lowest BCUT2D eigenvalue weighted by atomic mass is 10.1. The number of rotatable bonds is 2. The Morgan fingerprint density at radius 3 is 2.46 bits per heavy atom. The van der Waals surface area contributed by atoms with Gasteiger partial charge in [-0.25, -0.2) is 9.07 Å². The molecule has 4 rings (SSSR count). The number of hydrogen-bond donors (Lipinski definition) is 0. The van der Waals surface area contributed by atoms with Gasteiger partial charge in [0.15, 0.2) is 0 Å². The van der Waals surface area contributed by atoms with Crippen LogP contribution in [-0.4, -0.2) is 19.6 Å². The van der Waals surface area contributed by atoms with Crippen molar-refractivity contribution in [3.63, 3.8) is 0 Å². The quantitative estimate of drug-likeness (QED) is 0.556. The summed E-state index contributed by atoms with van der Waals surface area (Å²) in [4.78, 5) is 13.2. The van der Waals surface area contributed by atoms with Gasteiger partial charge in [0, 0.05) is 5.39 Å². The van der Waals surface area contributed by atoms with Crippen LogP contribution in [0.15, 0.2) is 53.5 Å². The average molecular weight is 348 g/mol. The van der Waals surface area contributed by atoms with E-state index < -0.39 is 5.82 Å². The van der Waals surface area contributed by atoms with E-state index in [4.69, 9.17) is 0 Å². The molecule has 0 amide bonds. The molecule has 6 heteroatoms. The van der Waals surface area contributed by atoms with E-state index in [1.807, 2.05) is 39.0 Å². The Hall–Kier alpha value is -3.28. The Balaban J connectivity index is 2.07. The maximum Gasteiger partial charge on any atom is 0.298 e. The summed E-state index contributed by atoms with van der Waals surface area (Å²) in [6.07, 6.45) is 1.55. The predicted octanol–water partition coefficient (Wildman–Crippen LogP) is 3.64. The fourth-order valence-electron chi connectivity index (χ4n) is 3.18. The third-order valence-corrected chi connectivity index (χ3v) is 4.47. The Morgan fingerprint density at radius 2 is 1.73 bits per heavy atom. The highest BCUT2D eigenvalue weighted by Crippen LogP contribution is 2.21. The standard InChI is InChI=1S/C20H17FN4O/c1-12-8-9-17(13(2)10-12)25-20(26)19-15(14(3)23-25)11-22-24(19)18-7-5-4-6-16(18)21/h4-11H,1-3H3. The van der Waals surface area contributed by atoms with Gasteiger partial charge in [0.05, 0.1) is 17.6 Å². The number of fused-ring (bicyclic) bond motifs is 1. The lowest BCUT2D eigenvalue weighted by Crippen LogP contribution is -2.25. The molecule has 0 N–H and O–H groups in total. The first kappa shape index (κ1) is 16.2. The summed E-state index contributed by atoms with van der Waals surface area (Å²) < 4.78 is 17.0. The van der Waals surface area contributed by atoms with E-state index in [1.54, 1.807) is 24.4 Å². The van der Waals surface area contributed by atoms with Crippen LogP contribution in [0.2, 0.25) is 0 Å². The molecule has 0 saturated carbocycles. The van der Waals surface area contributed by atoms with Crippen LogP contribution in [0.1, 0.15) is 16.8 Å². The van der Waals surface area contributed by atoms with Gasteiger partial charge in [0.2, 0.25) is 0 Å². The molecule has 130 valence electrons. The Bertz CT molecular complexity index is 1210. The maximum absolute atomic E-state index is 14.3. The van der Waals surface area contributed by atoms with Crippen LogP contribution in [0.3, 0.4) is 0 Å². The third kappa shape index (κ3) is 2.42. The fourth-order valence-corrected chi connectivity index (χ4v) is 3.18. The molecule has 0 radical (unpaired) electrons. The number of aromatic nitrogens is 4. The lowest BCUT2D eigenvalue weighted by molar-refractivity contribution is 0.612. The number of aryl methyl sites for hydroxylation is 3. The van der Waals surface area contributed by atoms with E-state index in [2.05, 4.69) is 10.2 Å². The van der Waals surface area contributed by atoms with Crippen molar-refractivity contribution in [1.29, 1.82) is 0 Å². The molecule has 2 aromatic heterocycles. The summed E-state index contributed by atoms with van der Waals surface area (Å²) in [5.74, 6) is -0.440. The molecular formula is C20H17FN4O. The van der Waals surface area contributed by atoms with Crippen LogP contribution < -0.4 is 5.56 Å². The second kappa shape index (κ2) is 5.91. The van der Waals surface area contributed by atoms with Gasteiger partial charge < -0.3 is 0 Å². The molecule has 0 unspecified atom stereocenters. The van der Waals surface area contributed by atoms with Crippen molar-refractivity contribution >= 4 is 10.9 Å². The van der Waals surface area contributed by atoms with Crippen LogP contribution in [0.25, 0.3) is 22.3 Å². The van der Waals surface area contributed by atoms with E-state index in [0.717, 1.165) is 11.1 Å². The Morgan fingerprint density at radius 1 is 0.962 bits per heavy atom. The number of hydrogen-bond acceptors (Lipinski definition) is 3. The van der Waals surface area contributed by atoms with E-state index in [9.17, 15) is 9.18 Å². The van der Waals surface area contributed by atoms with Gasteiger partial charge in [-0.2, -0.15) is 14.9 Å². The van der Waals surface area contributed by atoms with E-state index in [1.165, 1.54) is 15.4 Å². The first-order valence-electron chi connectivity index (χ1n) is 8.27. The van der Waals surface area contributed by atoms with Crippen molar-refractivity contribution in [2.75, 3.05) is 0 Å². The topological polar surface area (TPSA) is 52.7 Å². The minimum atomic E-state index is -0.440. The van der Waals surface area contributed by atoms with Gasteiger partial charge in [-0.1, -0.05) is 29.8 Å². The molecule has 0 atom stereocenters. The van der Waals surface area contributed by atoms with Crippen LogP contribution in [0, 0.1) is 26.6 Å². The molecule has 2 heterocycles. The van der Waals surface area contributed by atoms with E-state index >= 15 is 0 Å². The largest absolute Gasteiger partial charge is 0.298 e. The zero-order valence-corrected chi connectivity index (χ0v) is 14.7. The smallest absolute Gasteiger partial charge is 0.265 e. The number of para-hydroxylation sites is 1. The van der Waals surface area contributed by atoms with Crippen molar-refractivity contribution in [1.82, 2.24) is 19.6 Å². The highest BCUT2D eigenvalue weighted by atomic mass is 19.1. The summed E-state index contributed by atoms with van der Waals surface area (Å²) >= 11 is 0. The van der Waals surface area contributed by atoms with Crippen LogP contribution in [-0.2, 0) is 0 Å². The highest BCUT2D eigenvalue weighted by molar-refractivity contribution is 5.81. The zero-order valence-electron chi connectivity index (χ0n) is 14.7. The number of halogens is 1. The lowest BCUT2D eigenvalue weighted by Gasteiger charge is -2.11. The van der Waals surface area contributed by atoms with Crippen molar-refractivity contribution < 1.29 is 4.39 Å². The molecular weight excluding hydrogens is 331 g/mol. The maximum atomic E-state index is 14.3. The zero-order chi connectivity index (χ0) is 18.4. The van der Waals surface area contributed by atoms with E-state index in [-0.39, 0.29) is 11.2 Å². The summed E-state index contributed by atoms with van der Waals surface area (Å²) in [5, 5.41) is 9.30. The third-order valence-electron chi connectivity index (χ3n) is 4.47. The van der Waals surface area contributed by atoms with Crippen LogP contribution >= 0.6 is 0 Å². The molecule has 0 aliphatic heterocycles. The minimum Gasteiger partial charge on any atom is -0.265 e. The summed E-state index contributed by atoms with van der Waals surface area (Å²) in [6.45, 7) is 5.74. The van der Waals surface area contributed by atoms with Crippen LogP contribution in [0.4, 0.5) is 4.39 Å². The molecule has 26 heavy (non-hydrogen) atoms. The van der Waals surface area contributed by atoms with Gasteiger partial charge in [-0.3, -0.25) is 4.79 Å². The van der Waals surface area contributed by atoms with Crippen molar-refractivity contribution in [3.05, 3.63) is 81.7 Å². The molecule has 0 bridgehead atoms. The molecule has 0 spiro atoms. The molecule has 0 aliphatic carbocycles. The molecule has 0 aliphatic rings. The second-order valence-corrected chi connectivity index (χ2v) is 6.36. The average Bonchev–Trinajstić information content (AvgIpc) is 3.05. The molecule has 5 nitrogen and oxygen atoms in total. The van der Waals surface area contributed by atoms with Gasteiger partial charge in [0.25, 0.3) is 5.56 Å². The Kier molecular flexibility index (Phi) is 3.68. The number of benzene rings is 2. The van der Waals surface area contributed by atoms with Crippen molar-refractivity contribution in [2.24, 2.45) is 0 Å². The number of nitrogens with zero attached hydrogens (tertiary/aromatic N) is 4. The molecule has 0 saturated heterocycles. The minimum absolute atomic E-state index is 0.234. The summed E-state index contributed by atoms with van der Waals surface area (Å²) in [5.41, 5.74) is 3.61. The molecule has 2 aromatic carbocycles. The summed E-state index contributed by atoms with van der Waals surface area (Å²) in [7, 11) is 0. The second-order valence-electron chi connectivity index (χ2n) is 6.36. The fraction of sp³-hybridized carbons (Fsp3) is 0.150. The van der Waals surface area contributed by atoms with Gasteiger partial charge in [0.1, 0.15) is 17.0 Å². The van der Waals surface area contributed by atoms with Crippen molar-refractivity contribution in [2.45, 2.75) is 20.8 Å². The molecule has 0 fully saturated rings. The van der Waals surface area contributed by atoms with Gasteiger partial charge >= 0.3 is 0 Å². The SMILES string of the molecule is Cc1ccc(-n2nc(C)c3cnn(-c4ccccc4F)c3c2=O)c(C)c1. The van der Waals surface area contributed by atoms with Crippen LogP contribution in [0.5, 0.6) is 0 Å². The van der Waals surface area contributed by atoms with E-state index in [0.29, 0.717) is 22.3 Å². The van der Waals surface area contributed by atoms with Crippen molar-refractivity contribution in [3.8, 4) is 11.4 Å². The van der Waals surface area contributed by atoms with Gasteiger partial charge in [-0.15, -0.1) is 0 Å². The Labute approximate surface area is 149 Å². The normalized spacial score (nSPS) is 11.2. The van der Waals surface area contributed by atoms with Gasteiger partial charge in [-0.05, 0) is 44.5 Å².